The lowest BCUT2D eigenvalue weighted by Crippen LogP contribution is -1.96. The molecule has 1 unspecified atom stereocenters. The molecule has 1 aliphatic heterocycles. The Kier molecular flexibility index (Phi) is 10.0. The zero-order valence-corrected chi connectivity index (χ0v) is 13.1. The highest BCUT2D eigenvalue weighted by Gasteiger charge is 2.13. The van der Waals surface area contributed by atoms with Crippen molar-refractivity contribution < 1.29 is 9.47 Å². The minimum absolute atomic E-state index is 0.583. The summed E-state index contributed by atoms with van der Waals surface area (Å²) in [7, 11) is 0. The highest BCUT2D eigenvalue weighted by Crippen LogP contribution is 2.10. The van der Waals surface area contributed by atoms with E-state index in [-0.39, 0.29) is 0 Å². The molecule has 1 heterocycles. The lowest BCUT2D eigenvalue weighted by Gasteiger charge is -2.05. The van der Waals surface area contributed by atoms with E-state index in [0.29, 0.717) is 6.10 Å². The van der Waals surface area contributed by atoms with Crippen LogP contribution in [0.4, 0.5) is 0 Å². The average molecular weight is 278 g/mol. The number of rotatable bonds is 9. The first kappa shape index (κ1) is 17.0. The Labute approximate surface area is 124 Å². The Bertz CT molecular complexity index is 306. The van der Waals surface area contributed by atoms with Crippen LogP contribution in [0, 0.1) is 0 Å². The summed E-state index contributed by atoms with van der Waals surface area (Å²) in [6.07, 6.45) is 9.93. The molecule has 1 aromatic rings. The van der Waals surface area contributed by atoms with Gasteiger partial charge in [0.25, 0.3) is 0 Å². The molecule has 20 heavy (non-hydrogen) atoms. The zero-order valence-electron chi connectivity index (χ0n) is 13.1. The molecule has 0 amide bonds. The molecule has 1 aromatic carbocycles. The van der Waals surface area contributed by atoms with Crippen LogP contribution in [-0.2, 0) is 4.74 Å². The van der Waals surface area contributed by atoms with Gasteiger partial charge in [-0.2, -0.15) is 0 Å². The maximum Gasteiger partial charge on any atom is 0.119 e. The molecule has 1 fully saturated rings. The summed E-state index contributed by atoms with van der Waals surface area (Å²) in [5, 5.41) is 0. The van der Waals surface area contributed by atoms with Crippen molar-refractivity contribution in [3.05, 3.63) is 30.3 Å². The van der Waals surface area contributed by atoms with Crippen molar-refractivity contribution in [3.8, 4) is 5.75 Å². The molecule has 114 valence electrons. The standard InChI is InChI=1S/C15H24O.C3H6O/c1-2-3-4-5-6-7-11-14-16-15-12-9-8-10-13-15;1-3-2-4-3/h8-10,12-13H,2-7,11,14H2,1H3;3H,2H2,1H3. The maximum atomic E-state index is 5.63. The first-order chi connectivity index (χ1) is 9.83. The second kappa shape index (κ2) is 11.8. The number of para-hydroxylation sites is 1. The summed E-state index contributed by atoms with van der Waals surface area (Å²) >= 11 is 0. The van der Waals surface area contributed by atoms with Crippen LogP contribution in [0.2, 0.25) is 0 Å². The van der Waals surface area contributed by atoms with E-state index in [4.69, 9.17) is 9.47 Å². The molecule has 0 radical (unpaired) electrons. The molecule has 2 heteroatoms. The molecule has 0 aliphatic carbocycles. The Morgan fingerprint density at radius 2 is 1.55 bits per heavy atom. The van der Waals surface area contributed by atoms with E-state index in [2.05, 4.69) is 13.8 Å². The van der Waals surface area contributed by atoms with Gasteiger partial charge in [-0.1, -0.05) is 63.6 Å². The summed E-state index contributed by atoms with van der Waals surface area (Å²) in [6, 6.07) is 10.1. The third kappa shape index (κ3) is 10.9. The van der Waals surface area contributed by atoms with Crippen molar-refractivity contribution in [1.82, 2.24) is 0 Å². The van der Waals surface area contributed by atoms with Gasteiger partial charge in [0, 0.05) is 0 Å². The molecule has 0 aromatic heterocycles. The molecule has 0 bridgehead atoms. The second-order valence-corrected chi connectivity index (χ2v) is 5.43. The van der Waals surface area contributed by atoms with E-state index < -0.39 is 0 Å². The number of ether oxygens (including phenoxy) is 2. The fourth-order valence-electron chi connectivity index (χ4n) is 1.86. The fourth-order valence-corrected chi connectivity index (χ4v) is 1.86. The smallest absolute Gasteiger partial charge is 0.119 e. The van der Waals surface area contributed by atoms with Gasteiger partial charge in [0.05, 0.1) is 19.3 Å². The summed E-state index contributed by atoms with van der Waals surface area (Å²) in [4.78, 5) is 0. The Hall–Kier alpha value is -1.02. The highest BCUT2D eigenvalue weighted by atomic mass is 16.6. The van der Waals surface area contributed by atoms with E-state index in [1.54, 1.807) is 0 Å². The molecule has 0 saturated carbocycles. The lowest BCUT2D eigenvalue weighted by atomic mass is 10.1. The average Bonchev–Trinajstić information content (AvgIpc) is 3.26. The van der Waals surface area contributed by atoms with Crippen LogP contribution >= 0.6 is 0 Å². The van der Waals surface area contributed by atoms with E-state index in [9.17, 15) is 0 Å². The van der Waals surface area contributed by atoms with Crippen LogP contribution in [0.1, 0.15) is 58.8 Å². The molecule has 0 spiro atoms. The van der Waals surface area contributed by atoms with E-state index in [1.807, 2.05) is 30.3 Å². The first-order valence-electron chi connectivity index (χ1n) is 8.12. The van der Waals surface area contributed by atoms with Crippen LogP contribution in [-0.4, -0.2) is 19.3 Å². The zero-order chi connectivity index (χ0) is 14.5. The number of epoxide rings is 1. The van der Waals surface area contributed by atoms with Crippen molar-refractivity contribution >= 4 is 0 Å². The largest absolute Gasteiger partial charge is 0.494 e. The highest BCUT2D eigenvalue weighted by molar-refractivity contribution is 5.20. The van der Waals surface area contributed by atoms with Gasteiger partial charge in [0.1, 0.15) is 5.75 Å². The monoisotopic (exact) mass is 278 g/mol. The van der Waals surface area contributed by atoms with E-state index in [1.165, 1.54) is 44.9 Å². The molecule has 1 aliphatic rings. The minimum Gasteiger partial charge on any atom is -0.494 e. The Morgan fingerprint density at radius 1 is 1.00 bits per heavy atom. The van der Waals surface area contributed by atoms with Gasteiger partial charge < -0.3 is 9.47 Å². The Balaban J connectivity index is 0.000000425. The first-order valence-corrected chi connectivity index (χ1v) is 8.12. The normalized spacial score (nSPS) is 16.2. The molecule has 1 saturated heterocycles. The second-order valence-electron chi connectivity index (χ2n) is 5.43. The lowest BCUT2D eigenvalue weighted by molar-refractivity contribution is 0.304. The predicted molar refractivity (Wildman–Crippen MR) is 85.3 cm³/mol. The van der Waals surface area contributed by atoms with Crippen LogP contribution < -0.4 is 4.74 Å². The van der Waals surface area contributed by atoms with Gasteiger partial charge in [0.2, 0.25) is 0 Å². The maximum absolute atomic E-state index is 5.63. The number of benzene rings is 1. The van der Waals surface area contributed by atoms with Gasteiger partial charge in [0.15, 0.2) is 0 Å². The summed E-state index contributed by atoms with van der Waals surface area (Å²) in [5.74, 6) is 0.994. The summed E-state index contributed by atoms with van der Waals surface area (Å²) < 4.78 is 10.3. The molecule has 2 nitrogen and oxygen atoms in total. The third-order valence-electron chi connectivity index (χ3n) is 3.26. The molecular formula is C18H30O2. The molecule has 0 N–H and O–H groups in total. The van der Waals surface area contributed by atoms with Crippen molar-refractivity contribution in [2.45, 2.75) is 64.9 Å². The third-order valence-corrected chi connectivity index (χ3v) is 3.26. The molecular weight excluding hydrogens is 248 g/mol. The van der Waals surface area contributed by atoms with Gasteiger partial charge in [-0.05, 0) is 25.5 Å². The van der Waals surface area contributed by atoms with E-state index >= 15 is 0 Å². The van der Waals surface area contributed by atoms with Gasteiger partial charge >= 0.3 is 0 Å². The van der Waals surface area contributed by atoms with Crippen LogP contribution in [0.3, 0.4) is 0 Å². The minimum atomic E-state index is 0.583. The Morgan fingerprint density at radius 3 is 2.10 bits per heavy atom. The summed E-state index contributed by atoms with van der Waals surface area (Å²) in [5.41, 5.74) is 0. The van der Waals surface area contributed by atoms with Crippen molar-refractivity contribution in [2.75, 3.05) is 13.2 Å². The van der Waals surface area contributed by atoms with Crippen LogP contribution in [0.5, 0.6) is 5.75 Å². The van der Waals surface area contributed by atoms with Gasteiger partial charge in [-0.3, -0.25) is 0 Å². The van der Waals surface area contributed by atoms with Crippen LogP contribution in [0.25, 0.3) is 0 Å². The summed E-state index contributed by atoms with van der Waals surface area (Å²) in [6.45, 7) is 6.16. The number of unbranched alkanes of at least 4 members (excludes halogenated alkanes) is 6. The van der Waals surface area contributed by atoms with E-state index in [0.717, 1.165) is 19.0 Å². The van der Waals surface area contributed by atoms with Crippen molar-refractivity contribution in [2.24, 2.45) is 0 Å². The van der Waals surface area contributed by atoms with Gasteiger partial charge in [-0.15, -0.1) is 0 Å². The number of hydrogen-bond donors (Lipinski definition) is 0. The van der Waals surface area contributed by atoms with Crippen molar-refractivity contribution in [1.29, 1.82) is 0 Å². The van der Waals surface area contributed by atoms with Crippen molar-refractivity contribution in [3.63, 3.8) is 0 Å². The van der Waals surface area contributed by atoms with Gasteiger partial charge in [-0.25, -0.2) is 0 Å². The SMILES string of the molecule is CC1CO1.CCCCCCCCCOc1ccccc1. The fraction of sp³-hybridized carbons (Fsp3) is 0.667. The molecule has 1 atom stereocenters. The van der Waals surface area contributed by atoms with Crippen LogP contribution in [0.15, 0.2) is 30.3 Å². The number of hydrogen-bond acceptors (Lipinski definition) is 2. The quantitative estimate of drug-likeness (QED) is 0.456. The molecule has 2 rings (SSSR count). The topological polar surface area (TPSA) is 21.8 Å². The predicted octanol–water partition coefficient (Wildman–Crippen LogP) is 5.22.